The minimum absolute atomic E-state index is 0.0258. The average molecular weight is 330 g/mol. The molecular formula is C11H22O11. The van der Waals surface area contributed by atoms with Crippen molar-refractivity contribution in [3.05, 3.63) is 0 Å². The fraction of sp³-hybridized carbons (Fsp3) is 0.818. The number of carbonyl (C=O) groups is 2. The standard InChI is InChI=1S/C6H12O6.C5H10O5/c7-1-3(9)5(11)6(12)4(10)2-8;6-1-3(8)5(10)4(9)2-7/h1,3-6,8-12H,2H2;1,3-5,7-10H,2H2/t3-,4-,5-,6-;3-,4+,5+/m10/s1. The lowest BCUT2D eigenvalue weighted by atomic mass is 10.0. The van der Waals surface area contributed by atoms with Crippen LogP contribution in [0.2, 0.25) is 0 Å². The van der Waals surface area contributed by atoms with Gasteiger partial charge in [-0.1, -0.05) is 0 Å². The summed E-state index contributed by atoms with van der Waals surface area (Å²) in [6.45, 7) is -1.45. The lowest BCUT2D eigenvalue weighted by molar-refractivity contribution is -0.136. The quantitative estimate of drug-likeness (QED) is 0.181. The normalized spacial score (nSPS) is 20.4. The van der Waals surface area contributed by atoms with Crippen LogP contribution < -0.4 is 0 Å². The molecule has 132 valence electrons. The summed E-state index contributed by atoms with van der Waals surface area (Å²) in [5, 5.41) is 77.6. The van der Waals surface area contributed by atoms with Crippen molar-refractivity contribution in [1.82, 2.24) is 0 Å². The number of aldehydes is 2. The SMILES string of the molecule is O=C[C@@H](O)[C@@H](O)[C@H](O)[C@H](O)CO.O=C[C@H](O)[C@@H](O)[C@H](O)CO. The van der Waals surface area contributed by atoms with E-state index in [0.717, 1.165) is 0 Å². The fourth-order valence-corrected chi connectivity index (χ4v) is 1.03. The smallest absolute Gasteiger partial charge is 0.151 e. The first-order valence-electron chi connectivity index (χ1n) is 6.06. The van der Waals surface area contributed by atoms with Gasteiger partial charge in [0.25, 0.3) is 0 Å². The van der Waals surface area contributed by atoms with E-state index in [9.17, 15) is 9.59 Å². The maximum Gasteiger partial charge on any atom is 0.151 e. The van der Waals surface area contributed by atoms with Crippen LogP contribution in [0.5, 0.6) is 0 Å². The number of hydrogen-bond acceptors (Lipinski definition) is 11. The summed E-state index contributed by atoms with van der Waals surface area (Å²) in [7, 11) is 0. The second-order valence-electron chi connectivity index (χ2n) is 4.22. The van der Waals surface area contributed by atoms with Crippen LogP contribution in [0, 0.1) is 0 Å². The van der Waals surface area contributed by atoms with E-state index in [1.54, 1.807) is 0 Å². The Labute approximate surface area is 125 Å². The third-order valence-electron chi connectivity index (χ3n) is 2.49. The van der Waals surface area contributed by atoms with Gasteiger partial charge >= 0.3 is 0 Å². The molecule has 11 nitrogen and oxygen atoms in total. The van der Waals surface area contributed by atoms with Gasteiger partial charge in [-0.05, 0) is 0 Å². The number of carbonyl (C=O) groups excluding carboxylic acids is 2. The fourth-order valence-electron chi connectivity index (χ4n) is 1.03. The van der Waals surface area contributed by atoms with Crippen molar-refractivity contribution >= 4 is 12.6 Å². The highest BCUT2D eigenvalue weighted by Gasteiger charge is 2.29. The summed E-state index contributed by atoms with van der Waals surface area (Å²) in [4.78, 5) is 19.7. The van der Waals surface area contributed by atoms with Gasteiger partial charge in [0.15, 0.2) is 12.6 Å². The van der Waals surface area contributed by atoms with Crippen molar-refractivity contribution in [1.29, 1.82) is 0 Å². The van der Waals surface area contributed by atoms with E-state index in [0.29, 0.717) is 0 Å². The molecule has 7 atom stereocenters. The molecule has 9 N–H and O–H groups in total. The van der Waals surface area contributed by atoms with E-state index >= 15 is 0 Å². The van der Waals surface area contributed by atoms with Crippen LogP contribution in [0.3, 0.4) is 0 Å². The molecule has 0 aromatic heterocycles. The molecule has 0 aliphatic heterocycles. The van der Waals surface area contributed by atoms with E-state index in [1.807, 2.05) is 0 Å². The van der Waals surface area contributed by atoms with Crippen molar-refractivity contribution in [2.75, 3.05) is 13.2 Å². The molecule has 0 rings (SSSR count). The van der Waals surface area contributed by atoms with Gasteiger partial charge in [0.1, 0.15) is 42.7 Å². The third kappa shape index (κ3) is 8.43. The molecule has 22 heavy (non-hydrogen) atoms. The van der Waals surface area contributed by atoms with Crippen molar-refractivity contribution in [3.63, 3.8) is 0 Å². The zero-order valence-corrected chi connectivity index (χ0v) is 11.5. The highest BCUT2D eigenvalue weighted by atomic mass is 16.4. The molecule has 0 aliphatic rings. The van der Waals surface area contributed by atoms with Crippen LogP contribution in [0.15, 0.2) is 0 Å². The van der Waals surface area contributed by atoms with Crippen LogP contribution in [0.4, 0.5) is 0 Å². The van der Waals surface area contributed by atoms with Gasteiger partial charge in [0, 0.05) is 0 Å². The minimum Gasteiger partial charge on any atom is -0.394 e. The highest BCUT2D eigenvalue weighted by molar-refractivity contribution is 5.57. The number of aliphatic hydroxyl groups is 9. The molecule has 0 aromatic rings. The number of hydrogen-bond donors (Lipinski definition) is 9. The zero-order chi connectivity index (χ0) is 17.9. The van der Waals surface area contributed by atoms with Gasteiger partial charge in [-0.3, -0.25) is 0 Å². The minimum atomic E-state index is -1.79. The van der Waals surface area contributed by atoms with Gasteiger partial charge in [-0.25, -0.2) is 0 Å². The third-order valence-corrected chi connectivity index (χ3v) is 2.49. The molecule has 0 spiro atoms. The summed E-state index contributed by atoms with van der Waals surface area (Å²) >= 11 is 0. The first-order valence-corrected chi connectivity index (χ1v) is 6.06. The van der Waals surface area contributed by atoms with Crippen LogP contribution in [0.1, 0.15) is 0 Å². The molecule has 0 heterocycles. The molecule has 0 saturated carbocycles. The summed E-state index contributed by atoms with van der Waals surface area (Å²) in [5.74, 6) is 0. The lowest BCUT2D eigenvalue weighted by Crippen LogP contribution is -2.46. The maximum absolute atomic E-state index is 9.90. The Morgan fingerprint density at radius 3 is 1.23 bits per heavy atom. The molecular weight excluding hydrogens is 308 g/mol. The summed E-state index contributed by atoms with van der Waals surface area (Å²) in [5.41, 5.74) is 0. The lowest BCUT2D eigenvalue weighted by Gasteiger charge is -2.22. The molecule has 0 aromatic carbocycles. The second-order valence-corrected chi connectivity index (χ2v) is 4.22. The van der Waals surface area contributed by atoms with Gasteiger partial charge in [-0.2, -0.15) is 0 Å². The molecule has 0 amide bonds. The Hall–Kier alpha value is -1.02. The van der Waals surface area contributed by atoms with E-state index in [-0.39, 0.29) is 12.6 Å². The Bertz CT molecular complexity index is 300. The van der Waals surface area contributed by atoms with E-state index in [2.05, 4.69) is 0 Å². The highest BCUT2D eigenvalue weighted by Crippen LogP contribution is 2.03. The monoisotopic (exact) mass is 330 g/mol. The van der Waals surface area contributed by atoms with Crippen molar-refractivity contribution in [2.24, 2.45) is 0 Å². The molecule has 11 heteroatoms. The first-order chi connectivity index (χ1) is 10.2. The predicted octanol–water partition coefficient (Wildman–Crippen LogP) is -6.12. The van der Waals surface area contributed by atoms with Crippen LogP contribution >= 0.6 is 0 Å². The molecule has 0 fully saturated rings. The Morgan fingerprint density at radius 1 is 0.591 bits per heavy atom. The molecule has 0 aliphatic carbocycles. The number of aliphatic hydroxyl groups excluding tert-OH is 9. The van der Waals surface area contributed by atoms with E-state index in [4.69, 9.17) is 46.0 Å². The van der Waals surface area contributed by atoms with Crippen molar-refractivity contribution in [2.45, 2.75) is 42.7 Å². The molecule has 0 unspecified atom stereocenters. The largest absolute Gasteiger partial charge is 0.394 e. The predicted molar refractivity (Wildman–Crippen MR) is 68.3 cm³/mol. The second kappa shape index (κ2) is 12.5. The molecule has 0 saturated heterocycles. The Morgan fingerprint density at radius 2 is 0.909 bits per heavy atom. The zero-order valence-electron chi connectivity index (χ0n) is 11.5. The van der Waals surface area contributed by atoms with Gasteiger partial charge < -0.3 is 55.5 Å². The average Bonchev–Trinajstić information content (AvgIpc) is 2.56. The van der Waals surface area contributed by atoms with Gasteiger partial charge in [0.05, 0.1) is 13.2 Å². The topological polar surface area (TPSA) is 216 Å². The Kier molecular flexibility index (Phi) is 13.2. The van der Waals surface area contributed by atoms with Gasteiger partial charge in [-0.15, -0.1) is 0 Å². The first kappa shape index (κ1) is 23.2. The van der Waals surface area contributed by atoms with Crippen molar-refractivity contribution < 1.29 is 55.5 Å². The van der Waals surface area contributed by atoms with E-state index in [1.165, 1.54) is 0 Å². The molecule has 0 bridgehead atoms. The van der Waals surface area contributed by atoms with E-state index < -0.39 is 55.9 Å². The van der Waals surface area contributed by atoms with Crippen LogP contribution in [-0.4, -0.2) is 114 Å². The van der Waals surface area contributed by atoms with Crippen LogP contribution in [0.25, 0.3) is 0 Å². The summed E-state index contributed by atoms with van der Waals surface area (Å²) in [6.07, 6.45) is -11.5. The number of rotatable bonds is 9. The van der Waals surface area contributed by atoms with Crippen LogP contribution in [-0.2, 0) is 9.59 Å². The summed E-state index contributed by atoms with van der Waals surface area (Å²) in [6, 6.07) is 0. The van der Waals surface area contributed by atoms with Gasteiger partial charge in [0.2, 0.25) is 0 Å². The van der Waals surface area contributed by atoms with Crippen molar-refractivity contribution in [3.8, 4) is 0 Å². The maximum atomic E-state index is 9.90. The molecule has 0 radical (unpaired) electrons. The summed E-state index contributed by atoms with van der Waals surface area (Å²) < 4.78 is 0. The Balaban J connectivity index is 0.